The lowest BCUT2D eigenvalue weighted by atomic mass is 10.3. The standard InChI is InChI=1S/C4H10.2C2H6.CH4.FH.H2/c1-4(2)3;2*1-2;;;/h4H,1-3H3;2*1-2H3;1H4;2*1H. The van der Waals surface area contributed by atoms with Gasteiger partial charge in [-0.15, -0.1) is 0 Å². The van der Waals surface area contributed by atoms with Gasteiger partial charge in [0.15, 0.2) is 0 Å². The second kappa shape index (κ2) is 65.4. The van der Waals surface area contributed by atoms with E-state index in [0.717, 1.165) is 5.92 Å². The van der Waals surface area contributed by atoms with Crippen molar-refractivity contribution >= 4 is 0 Å². The Labute approximate surface area is 68.9 Å². The molecule has 0 saturated carbocycles. The van der Waals surface area contributed by atoms with Crippen molar-refractivity contribution in [2.75, 3.05) is 0 Å². The largest absolute Gasteiger partial charge is 0.269 e. The molecular weight excluding hydrogens is 127 g/mol. The molecule has 1 heteroatoms. The van der Waals surface area contributed by atoms with Crippen molar-refractivity contribution in [3.63, 3.8) is 0 Å². The highest BCUT2D eigenvalue weighted by Gasteiger charge is 1.68. The SMILES string of the molecule is C.CC.CC.CC(C)C.F.[HH]. The van der Waals surface area contributed by atoms with Crippen LogP contribution in [0.3, 0.4) is 0 Å². The van der Waals surface area contributed by atoms with E-state index < -0.39 is 0 Å². The van der Waals surface area contributed by atoms with Crippen LogP contribution in [0, 0.1) is 5.92 Å². The maximum atomic E-state index is 2.17. The molecule has 0 heterocycles. The first-order valence-corrected chi connectivity index (χ1v) is 3.73. The van der Waals surface area contributed by atoms with E-state index in [0.29, 0.717) is 0 Å². The third kappa shape index (κ3) is 77700. The first-order chi connectivity index (χ1) is 3.73. The lowest BCUT2D eigenvalue weighted by Gasteiger charge is -1.79. The fourth-order valence-corrected chi connectivity index (χ4v) is 0. The molecule has 0 aliphatic rings. The minimum absolute atomic E-state index is 0. The number of hydrogen-bond donors (Lipinski definition) is 0. The van der Waals surface area contributed by atoms with Crippen LogP contribution in [0.4, 0.5) is 4.70 Å². The molecule has 0 bridgehead atoms. The van der Waals surface area contributed by atoms with Crippen molar-refractivity contribution in [1.29, 1.82) is 0 Å². The van der Waals surface area contributed by atoms with E-state index in [-0.39, 0.29) is 13.6 Å². The Balaban J connectivity index is -0.00000000813. The van der Waals surface area contributed by atoms with Crippen LogP contribution in [-0.4, -0.2) is 0 Å². The van der Waals surface area contributed by atoms with Crippen molar-refractivity contribution in [1.82, 2.24) is 0 Å². The van der Waals surface area contributed by atoms with Gasteiger partial charge in [0.1, 0.15) is 0 Å². The van der Waals surface area contributed by atoms with E-state index in [1.165, 1.54) is 0 Å². The van der Waals surface area contributed by atoms with Crippen molar-refractivity contribution < 1.29 is 6.13 Å². The predicted octanol–water partition coefficient (Wildman–Crippen LogP) is 4.75. The molecule has 0 fully saturated rings. The molecule has 0 aromatic rings. The Morgan fingerprint density at radius 1 is 0.800 bits per heavy atom. The van der Waals surface area contributed by atoms with Crippen molar-refractivity contribution in [2.24, 2.45) is 5.92 Å². The van der Waals surface area contributed by atoms with Crippen molar-refractivity contribution in [3.05, 3.63) is 0 Å². The summed E-state index contributed by atoms with van der Waals surface area (Å²) in [4.78, 5) is 0. The minimum Gasteiger partial charge on any atom is -0.269 e. The van der Waals surface area contributed by atoms with Crippen LogP contribution in [0.2, 0.25) is 0 Å². The number of halogens is 1. The maximum Gasteiger partial charge on any atom is 0 e. The highest BCUT2D eigenvalue weighted by Crippen LogP contribution is 1.81. The summed E-state index contributed by atoms with van der Waals surface area (Å²) >= 11 is 0. The minimum atomic E-state index is 0. The van der Waals surface area contributed by atoms with Gasteiger partial charge in [0.25, 0.3) is 0 Å². The highest BCUT2D eigenvalue weighted by atomic mass is 19.0. The maximum absolute atomic E-state index is 2.17. The van der Waals surface area contributed by atoms with Gasteiger partial charge in [-0.25, -0.2) is 0 Å². The Morgan fingerprint density at radius 3 is 0.800 bits per heavy atom. The molecule has 0 aliphatic heterocycles. The lowest BCUT2D eigenvalue weighted by molar-refractivity contribution is 0.737. The van der Waals surface area contributed by atoms with E-state index in [2.05, 4.69) is 20.8 Å². The molecule has 0 aromatic heterocycles. The highest BCUT2D eigenvalue weighted by molar-refractivity contribution is 4.20. The third-order valence-electron chi connectivity index (χ3n) is 0. The average molecular weight is 156 g/mol. The van der Waals surface area contributed by atoms with Crippen LogP contribution in [-0.2, 0) is 0 Å². The van der Waals surface area contributed by atoms with Crippen LogP contribution in [0.1, 0.15) is 57.3 Å². The van der Waals surface area contributed by atoms with Crippen LogP contribution in [0.25, 0.3) is 0 Å². The van der Waals surface area contributed by atoms with E-state index in [9.17, 15) is 0 Å². The fourth-order valence-electron chi connectivity index (χ4n) is 0. The summed E-state index contributed by atoms with van der Waals surface area (Å²) < 4.78 is 0. The average Bonchev–Trinajstić information content (AvgIpc) is 1.75. The molecule has 0 spiro atoms. The third-order valence-corrected chi connectivity index (χ3v) is 0. The molecule has 0 amide bonds. The molecule has 0 radical (unpaired) electrons. The summed E-state index contributed by atoms with van der Waals surface area (Å²) in [5.74, 6) is 0.833. The molecule has 0 saturated heterocycles. The normalized spacial score (nSPS) is 4.80. The second-order valence-electron chi connectivity index (χ2n) is 1.73. The zero-order chi connectivity index (χ0) is 7.58. The van der Waals surface area contributed by atoms with Gasteiger partial charge in [0, 0.05) is 1.43 Å². The number of rotatable bonds is 0. The Kier molecular flexibility index (Phi) is 213. The lowest BCUT2D eigenvalue weighted by Crippen LogP contribution is -1.66. The Morgan fingerprint density at radius 2 is 0.800 bits per heavy atom. The van der Waals surface area contributed by atoms with Gasteiger partial charge >= 0.3 is 0 Å². The molecule has 0 rings (SSSR count). The van der Waals surface area contributed by atoms with Gasteiger partial charge < -0.3 is 0 Å². The van der Waals surface area contributed by atoms with E-state index in [1.54, 1.807) is 0 Å². The van der Waals surface area contributed by atoms with Gasteiger partial charge in [-0.3, -0.25) is 4.70 Å². The van der Waals surface area contributed by atoms with Crippen LogP contribution >= 0.6 is 0 Å². The van der Waals surface area contributed by atoms with Crippen LogP contribution in [0.5, 0.6) is 0 Å². The molecule has 0 aromatic carbocycles. The topological polar surface area (TPSA) is 0 Å². The summed E-state index contributed by atoms with van der Waals surface area (Å²) in [6, 6.07) is 0. The Bertz CT molecular complexity index is 14.3. The molecule has 10 heavy (non-hydrogen) atoms. The second-order valence-corrected chi connectivity index (χ2v) is 1.73. The summed E-state index contributed by atoms with van der Waals surface area (Å²) in [6.45, 7) is 14.5. The van der Waals surface area contributed by atoms with Crippen LogP contribution in [0.15, 0.2) is 0 Å². The van der Waals surface area contributed by atoms with Crippen molar-refractivity contribution in [3.8, 4) is 0 Å². The smallest absolute Gasteiger partial charge is 0 e. The van der Waals surface area contributed by atoms with Gasteiger partial charge in [0.05, 0.1) is 0 Å². The summed E-state index contributed by atoms with van der Waals surface area (Å²) in [7, 11) is 0. The quantitative estimate of drug-likeness (QED) is 0.475. The molecule has 0 N–H and O–H groups in total. The van der Waals surface area contributed by atoms with Crippen LogP contribution < -0.4 is 0 Å². The van der Waals surface area contributed by atoms with E-state index in [4.69, 9.17) is 0 Å². The first kappa shape index (κ1) is 32.6. The summed E-state index contributed by atoms with van der Waals surface area (Å²) in [5.41, 5.74) is 0. The zero-order valence-electron chi connectivity index (χ0n) is 7.99. The molecule has 0 nitrogen and oxygen atoms in total. The Hall–Kier alpha value is -0.0700. The van der Waals surface area contributed by atoms with Gasteiger partial charge in [-0.05, 0) is 5.92 Å². The summed E-state index contributed by atoms with van der Waals surface area (Å²) in [5, 5.41) is 0. The van der Waals surface area contributed by atoms with E-state index in [1.807, 2.05) is 27.7 Å². The van der Waals surface area contributed by atoms with Gasteiger partial charge in [-0.2, -0.15) is 0 Å². The van der Waals surface area contributed by atoms with Crippen molar-refractivity contribution in [2.45, 2.75) is 55.9 Å². The molecule has 0 atom stereocenters. The first-order valence-electron chi connectivity index (χ1n) is 3.73. The van der Waals surface area contributed by atoms with E-state index >= 15 is 0 Å². The monoisotopic (exact) mass is 156 g/mol. The fraction of sp³-hybridized carbons (Fsp3) is 1.00. The van der Waals surface area contributed by atoms with Gasteiger partial charge in [0.2, 0.25) is 0 Å². The summed E-state index contributed by atoms with van der Waals surface area (Å²) in [6.07, 6.45) is 0. The number of hydrogen-bond acceptors (Lipinski definition) is 0. The molecule has 72 valence electrons. The van der Waals surface area contributed by atoms with Gasteiger partial charge in [-0.1, -0.05) is 55.9 Å². The molecule has 0 unspecified atom stereocenters. The molecular formula is C9H29F. The predicted molar refractivity (Wildman–Crippen MR) is 54.6 cm³/mol. The zero-order valence-corrected chi connectivity index (χ0v) is 7.99. The molecule has 0 aliphatic carbocycles.